The number of carbonyl (C=O) groups excluding carboxylic acids is 2. The molecule has 180 valence electrons. The van der Waals surface area contributed by atoms with Crippen LogP contribution in [0, 0.1) is 12.7 Å². The molecule has 2 N–H and O–H groups in total. The molecule has 35 heavy (non-hydrogen) atoms. The first-order valence-corrected chi connectivity index (χ1v) is 11.8. The van der Waals surface area contributed by atoms with Crippen molar-refractivity contribution in [3.05, 3.63) is 101 Å². The monoisotopic (exact) mass is 473 g/mol. The quantitative estimate of drug-likeness (QED) is 0.510. The van der Waals surface area contributed by atoms with Gasteiger partial charge in [-0.2, -0.15) is 0 Å². The molecule has 6 nitrogen and oxygen atoms in total. The van der Waals surface area contributed by atoms with Gasteiger partial charge in [-0.1, -0.05) is 29.8 Å². The third-order valence-electron chi connectivity index (χ3n) is 6.26. The predicted molar refractivity (Wildman–Crippen MR) is 135 cm³/mol. The molecule has 1 aliphatic heterocycles. The van der Waals surface area contributed by atoms with E-state index in [1.165, 1.54) is 24.3 Å². The predicted octanol–water partition coefficient (Wildman–Crippen LogP) is 4.00. The van der Waals surface area contributed by atoms with Crippen LogP contribution in [-0.2, 0) is 4.79 Å². The maximum absolute atomic E-state index is 13.3. The summed E-state index contributed by atoms with van der Waals surface area (Å²) in [5, 5.41) is 2.84. The van der Waals surface area contributed by atoms with E-state index in [1.54, 1.807) is 4.68 Å². The molecule has 3 aromatic carbocycles. The van der Waals surface area contributed by atoms with E-state index in [9.17, 15) is 14.0 Å². The molecular weight excluding hydrogens is 443 g/mol. The summed E-state index contributed by atoms with van der Waals surface area (Å²) in [6.45, 7) is 8.09. The van der Waals surface area contributed by atoms with Crippen LogP contribution >= 0.6 is 0 Å². The van der Waals surface area contributed by atoms with Crippen LogP contribution in [0.4, 0.5) is 10.1 Å². The second-order valence-electron chi connectivity index (χ2n) is 8.59. The summed E-state index contributed by atoms with van der Waals surface area (Å²) in [4.78, 5) is 28.1. The molecule has 0 bridgehead atoms. The smallest absolute Gasteiger partial charge is 0.304 e. The first kappa shape index (κ1) is 24.1. The highest BCUT2D eigenvalue weighted by molar-refractivity contribution is 5.98. The van der Waals surface area contributed by atoms with Gasteiger partial charge in [-0.25, -0.2) is 4.39 Å². The molecule has 0 saturated carbocycles. The van der Waals surface area contributed by atoms with Crippen LogP contribution < -0.4 is 15.6 Å². The van der Waals surface area contributed by atoms with Crippen molar-refractivity contribution in [3.63, 3.8) is 0 Å². The largest absolute Gasteiger partial charge is 0.372 e. The number of hydrogen-bond acceptors (Lipinski definition) is 3. The number of nitrogens with one attached hydrogen (secondary N) is 2. The lowest BCUT2D eigenvalue weighted by Crippen LogP contribution is -2.42. The Balaban J connectivity index is 1.66. The molecule has 3 aromatic rings. The van der Waals surface area contributed by atoms with Crippen molar-refractivity contribution < 1.29 is 18.7 Å². The van der Waals surface area contributed by atoms with E-state index in [-0.39, 0.29) is 11.5 Å². The van der Waals surface area contributed by atoms with Crippen molar-refractivity contribution in [1.82, 2.24) is 10.7 Å². The Bertz CT molecular complexity index is 1220. The highest BCUT2D eigenvalue weighted by atomic mass is 19.1. The number of carbonyl (C=O) groups is 2. The zero-order chi connectivity index (χ0) is 24.9. The number of anilines is 1. The first-order chi connectivity index (χ1) is 16.9. The Labute approximate surface area is 205 Å². The van der Waals surface area contributed by atoms with Crippen molar-refractivity contribution >= 4 is 23.7 Å². The zero-order valence-electron chi connectivity index (χ0n) is 20.2. The SMILES string of the molecule is CCN(CC)c1ccc(/C=[N+]2\NC(=O)[C@@H](NC(=O)c3ccc(F)cc3)[C@@H]2c2ccc(C)cc2)cc1. The molecule has 2 atom stereocenters. The van der Waals surface area contributed by atoms with Crippen LogP contribution in [0.2, 0.25) is 0 Å². The maximum atomic E-state index is 13.3. The van der Waals surface area contributed by atoms with Gasteiger partial charge < -0.3 is 10.2 Å². The topological polar surface area (TPSA) is 64.5 Å². The van der Waals surface area contributed by atoms with Gasteiger partial charge in [0.1, 0.15) is 5.82 Å². The fourth-order valence-corrected chi connectivity index (χ4v) is 4.29. The summed E-state index contributed by atoms with van der Waals surface area (Å²) >= 11 is 0. The number of rotatable bonds is 7. The summed E-state index contributed by atoms with van der Waals surface area (Å²) in [7, 11) is 0. The van der Waals surface area contributed by atoms with Crippen molar-refractivity contribution in [2.24, 2.45) is 0 Å². The Morgan fingerprint density at radius 3 is 2.23 bits per heavy atom. The summed E-state index contributed by atoms with van der Waals surface area (Å²) in [6.07, 6.45) is 1.87. The summed E-state index contributed by atoms with van der Waals surface area (Å²) in [5.74, 6) is -1.18. The number of benzene rings is 3. The molecule has 7 heteroatoms. The molecule has 4 rings (SSSR count). The third-order valence-corrected chi connectivity index (χ3v) is 6.26. The van der Waals surface area contributed by atoms with Crippen molar-refractivity contribution in [3.8, 4) is 0 Å². The number of nitrogens with zero attached hydrogens (tertiary/aromatic N) is 2. The summed E-state index contributed by atoms with van der Waals surface area (Å²) in [5.41, 5.74) is 7.22. The zero-order valence-corrected chi connectivity index (χ0v) is 20.2. The van der Waals surface area contributed by atoms with E-state index in [0.717, 1.165) is 35.5 Å². The first-order valence-electron chi connectivity index (χ1n) is 11.8. The molecule has 2 amide bonds. The second-order valence-corrected chi connectivity index (χ2v) is 8.59. The minimum Gasteiger partial charge on any atom is -0.372 e. The lowest BCUT2D eigenvalue weighted by atomic mass is 9.98. The molecule has 0 spiro atoms. The van der Waals surface area contributed by atoms with Gasteiger partial charge in [0.15, 0.2) is 6.04 Å². The number of aryl methyl sites for hydroxylation is 1. The number of hydrogen-bond donors (Lipinski definition) is 2. The lowest BCUT2D eigenvalue weighted by molar-refractivity contribution is -0.596. The standard InChI is InChI=1S/C28H29FN4O2/c1-4-32(5-2)24-16-8-20(9-17-24)18-33-26(21-10-6-19(3)7-11-21)25(28(35)31-33)30-27(34)22-12-14-23(29)15-13-22/h6-18,25-26H,4-5H2,1-3H3,(H-,30,31,34,35)/p+1/t25-,26-/m0/s1. The van der Waals surface area contributed by atoms with E-state index in [2.05, 4.69) is 41.6 Å². The van der Waals surface area contributed by atoms with Gasteiger partial charge in [0.05, 0.1) is 0 Å². The minimum atomic E-state index is -0.832. The van der Waals surface area contributed by atoms with E-state index in [4.69, 9.17) is 0 Å². The number of amides is 2. The van der Waals surface area contributed by atoms with E-state index < -0.39 is 23.8 Å². The van der Waals surface area contributed by atoms with Crippen LogP contribution in [0.5, 0.6) is 0 Å². The minimum absolute atomic E-state index is 0.288. The number of halogens is 1. The van der Waals surface area contributed by atoms with Crippen LogP contribution in [0.15, 0.2) is 72.8 Å². The molecular formula is C28H30FN4O2+. The molecule has 1 saturated heterocycles. The maximum Gasteiger partial charge on any atom is 0.304 e. The van der Waals surface area contributed by atoms with Gasteiger partial charge in [-0.3, -0.25) is 9.59 Å². The molecule has 1 fully saturated rings. The van der Waals surface area contributed by atoms with Gasteiger partial charge in [0, 0.05) is 35.5 Å². The van der Waals surface area contributed by atoms with Crippen LogP contribution in [0.1, 0.15) is 46.9 Å². The van der Waals surface area contributed by atoms with Gasteiger partial charge >= 0.3 is 5.91 Å². The highest BCUT2D eigenvalue weighted by Gasteiger charge is 2.47. The highest BCUT2D eigenvalue weighted by Crippen LogP contribution is 2.26. The third kappa shape index (κ3) is 5.40. The van der Waals surface area contributed by atoms with Crippen molar-refractivity contribution in [2.45, 2.75) is 32.9 Å². The Morgan fingerprint density at radius 1 is 1.00 bits per heavy atom. The van der Waals surface area contributed by atoms with Gasteiger partial charge in [0.2, 0.25) is 12.3 Å². The molecule has 0 radical (unpaired) electrons. The Hall–Kier alpha value is -4.00. The van der Waals surface area contributed by atoms with Crippen molar-refractivity contribution in [1.29, 1.82) is 0 Å². The summed E-state index contributed by atoms with van der Waals surface area (Å²) in [6, 6.07) is 20.0. The lowest BCUT2D eigenvalue weighted by Gasteiger charge is -2.20. The van der Waals surface area contributed by atoms with Gasteiger partial charge in [-0.15, -0.1) is 10.1 Å². The van der Waals surface area contributed by atoms with Gasteiger partial charge in [-0.05, 0) is 69.3 Å². The summed E-state index contributed by atoms with van der Waals surface area (Å²) < 4.78 is 15.0. The molecule has 1 aliphatic rings. The molecule has 1 heterocycles. The Kier molecular flexibility index (Phi) is 7.25. The molecule has 0 aromatic heterocycles. The average molecular weight is 474 g/mol. The fourth-order valence-electron chi connectivity index (χ4n) is 4.29. The van der Waals surface area contributed by atoms with Crippen LogP contribution in [0.25, 0.3) is 0 Å². The number of hydrazine groups is 1. The van der Waals surface area contributed by atoms with E-state index in [1.807, 2.05) is 49.5 Å². The fraction of sp³-hybridized carbons (Fsp3) is 0.250. The normalized spacial score (nSPS) is 18.4. The van der Waals surface area contributed by atoms with Crippen LogP contribution in [0.3, 0.4) is 0 Å². The second kappa shape index (κ2) is 10.5. The molecule has 0 aliphatic carbocycles. The van der Waals surface area contributed by atoms with E-state index in [0.29, 0.717) is 0 Å². The van der Waals surface area contributed by atoms with E-state index >= 15 is 0 Å². The number of hydrazone groups is 1. The van der Waals surface area contributed by atoms with Gasteiger partial charge in [0.25, 0.3) is 5.91 Å². The average Bonchev–Trinajstić information content (AvgIpc) is 3.16. The Morgan fingerprint density at radius 2 is 1.63 bits per heavy atom. The van der Waals surface area contributed by atoms with Crippen molar-refractivity contribution in [2.75, 3.05) is 18.0 Å². The molecule has 0 unspecified atom stereocenters. The van der Waals surface area contributed by atoms with Crippen LogP contribution in [-0.4, -0.2) is 41.8 Å².